The van der Waals surface area contributed by atoms with E-state index in [0.29, 0.717) is 28.0 Å². The molecule has 208 valence electrons. The van der Waals surface area contributed by atoms with Crippen LogP contribution in [0.1, 0.15) is 12.0 Å². The molecule has 0 saturated carbocycles. The number of piperazine rings is 1. The van der Waals surface area contributed by atoms with Crippen molar-refractivity contribution in [1.82, 2.24) is 9.80 Å². The highest BCUT2D eigenvalue weighted by Gasteiger charge is 2.36. The van der Waals surface area contributed by atoms with Gasteiger partial charge in [0, 0.05) is 50.6 Å². The number of carbonyl (C=O) groups excluding carboxylic acids is 1. The molecule has 2 aromatic carbocycles. The zero-order valence-corrected chi connectivity index (χ0v) is 24.4. The Labute approximate surface area is 241 Å². The lowest BCUT2D eigenvalue weighted by Crippen LogP contribution is -2.51. The van der Waals surface area contributed by atoms with Crippen LogP contribution in [0.25, 0.3) is 6.08 Å². The highest BCUT2D eigenvalue weighted by atomic mass is 35.5. The summed E-state index contributed by atoms with van der Waals surface area (Å²) in [6, 6.07) is 12.2. The van der Waals surface area contributed by atoms with Gasteiger partial charge in [-0.3, -0.25) is 9.69 Å². The van der Waals surface area contributed by atoms with Gasteiger partial charge in [-0.1, -0.05) is 12.1 Å². The van der Waals surface area contributed by atoms with Crippen molar-refractivity contribution in [3.8, 4) is 17.2 Å². The predicted molar refractivity (Wildman–Crippen MR) is 160 cm³/mol. The highest BCUT2D eigenvalue weighted by Crippen LogP contribution is 2.43. The zero-order valence-electron chi connectivity index (χ0n) is 21.9. The monoisotopic (exact) mass is 582 g/mol. The summed E-state index contributed by atoms with van der Waals surface area (Å²) in [5.41, 5.74) is 3.70. The van der Waals surface area contributed by atoms with Gasteiger partial charge >= 0.3 is 0 Å². The fraction of sp³-hybridized carbons (Fsp3) is 0.444. The van der Waals surface area contributed by atoms with Crippen molar-refractivity contribution in [3.63, 3.8) is 0 Å². The van der Waals surface area contributed by atoms with Gasteiger partial charge < -0.3 is 29.3 Å². The third kappa shape index (κ3) is 6.39. The van der Waals surface area contributed by atoms with Crippen molar-refractivity contribution < 1.29 is 19.0 Å². The molecule has 3 aliphatic heterocycles. The van der Waals surface area contributed by atoms with Crippen molar-refractivity contribution in [2.24, 2.45) is 0 Å². The summed E-state index contributed by atoms with van der Waals surface area (Å²) in [7, 11) is 4.74. The quantitative estimate of drug-likeness (QED) is 0.481. The van der Waals surface area contributed by atoms with Crippen LogP contribution in [0, 0.1) is 0 Å². The number of hydrogen-bond acceptors (Lipinski definition) is 8. The molecule has 3 heterocycles. The van der Waals surface area contributed by atoms with Gasteiger partial charge in [-0.15, -0.1) is 36.6 Å². The lowest BCUT2D eigenvalue weighted by Gasteiger charge is -2.40. The van der Waals surface area contributed by atoms with Crippen LogP contribution in [0.2, 0.25) is 0 Å². The Bertz CT molecular complexity index is 1110. The molecule has 0 aliphatic carbocycles. The third-order valence-electron chi connectivity index (χ3n) is 7.04. The molecule has 8 nitrogen and oxygen atoms in total. The van der Waals surface area contributed by atoms with E-state index in [4.69, 9.17) is 14.2 Å². The maximum atomic E-state index is 12.8. The number of benzene rings is 2. The van der Waals surface area contributed by atoms with Crippen LogP contribution in [-0.4, -0.2) is 87.1 Å². The van der Waals surface area contributed by atoms with Crippen LogP contribution in [-0.2, 0) is 4.79 Å². The fourth-order valence-electron chi connectivity index (χ4n) is 5.11. The van der Waals surface area contributed by atoms with Crippen molar-refractivity contribution in [2.75, 3.05) is 70.8 Å². The molecule has 0 radical (unpaired) electrons. The van der Waals surface area contributed by atoms with Crippen molar-refractivity contribution in [1.29, 1.82) is 0 Å². The highest BCUT2D eigenvalue weighted by molar-refractivity contribution is 8.00. The number of nitrogens with zero attached hydrogens (tertiary/aromatic N) is 3. The summed E-state index contributed by atoms with van der Waals surface area (Å²) in [6.45, 7) is 5.45. The Morgan fingerprint density at radius 1 is 1.00 bits per heavy atom. The molecule has 2 saturated heterocycles. The zero-order chi connectivity index (χ0) is 25.1. The summed E-state index contributed by atoms with van der Waals surface area (Å²) in [6.07, 6.45) is 4.61. The van der Waals surface area contributed by atoms with Gasteiger partial charge in [-0.25, -0.2) is 0 Å². The Morgan fingerprint density at radius 2 is 1.68 bits per heavy atom. The largest absolute Gasteiger partial charge is 0.493 e. The number of amides is 1. The number of fused-ring (bicyclic) bond motifs is 3. The maximum absolute atomic E-state index is 12.8. The average Bonchev–Trinajstić information content (AvgIpc) is 3.29. The maximum Gasteiger partial charge on any atom is 0.246 e. The third-order valence-corrected chi connectivity index (χ3v) is 8.44. The second kappa shape index (κ2) is 13.6. The number of ether oxygens (including phenoxy) is 3. The molecule has 11 heteroatoms. The van der Waals surface area contributed by atoms with Gasteiger partial charge in [0.05, 0.1) is 32.7 Å². The summed E-state index contributed by atoms with van der Waals surface area (Å²) >= 11 is 2.03. The number of anilines is 2. The number of halogens is 2. The number of hydrogen-bond donors (Lipinski definition) is 1. The normalized spacial score (nSPS) is 20.5. The van der Waals surface area contributed by atoms with Gasteiger partial charge in [0.15, 0.2) is 11.5 Å². The molecule has 0 aromatic heterocycles. The Hall–Kier alpha value is -2.46. The minimum absolute atomic E-state index is 0. The van der Waals surface area contributed by atoms with E-state index < -0.39 is 0 Å². The molecule has 3 aliphatic rings. The number of para-hydroxylation sites is 2. The van der Waals surface area contributed by atoms with E-state index in [0.717, 1.165) is 44.8 Å². The molecule has 2 unspecified atom stereocenters. The van der Waals surface area contributed by atoms with Gasteiger partial charge in [-0.2, -0.15) is 0 Å². The van der Waals surface area contributed by atoms with Gasteiger partial charge in [0.1, 0.15) is 5.50 Å². The van der Waals surface area contributed by atoms with Crippen molar-refractivity contribution in [3.05, 3.63) is 48.0 Å². The summed E-state index contributed by atoms with van der Waals surface area (Å²) in [5, 5.41) is 4.25. The summed E-state index contributed by atoms with van der Waals surface area (Å²) in [5.74, 6) is 1.70. The Kier molecular flexibility index (Phi) is 10.7. The van der Waals surface area contributed by atoms with Crippen LogP contribution >= 0.6 is 36.6 Å². The first-order chi connectivity index (χ1) is 17.6. The Balaban J connectivity index is 0.00000200. The van der Waals surface area contributed by atoms with Crippen LogP contribution in [0.3, 0.4) is 0 Å². The smallest absolute Gasteiger partial charge is 0.246 e. The van der Waals surface area contributed by atoms with Crippen LogP contribution in [0.5, 0.6) is 17.2 Å². The van der Waals surface area contributed by atoms with E-state index in [1.54, 1.807) is 33.5 Å². The summed E-state index contributed by atoms with van der Waals surface area (Å²) in [4.78, 5) is 19.8. The lowest BCUT2D eigenvalue weighted by molar-refractivity contribution is -0.127. The first kappa shape index (κ1) is 30.1. The van der Waals surface area contributed by atoms with E-state index in [9.17, 15) is 4.79 Å². The number of methoxy groups -OCH3 is 3. The first-order valence-corrected chi connectivity index (χ1v) is 13.3. The van der Waals surface area contributed by atoms with Crippen LogP contribution in [0.4, 0.5) is 11.4 Å². The number of nitrogens with one attached hydrogen (secondary N) is 1. The molecular formula is C27H36Cl2N4O4S. The molecule has 1 amide bonds. The van der Waals surface area contributed by atoms with Crippen LogP contribution in [0.15, 0.2) is 42.5 Å². The van der Waals surface area contributed by atoms with Gasteiger partial charge in [0.25, 0.3) is 0 Å². The number of rotatable bonds is 7. The van der Waals surface area contributed by atoms with E-state index in [1.807, 2.05) is 28.8 Å². The summed E-state index contributed by atoms with van der Waals surface area (Å²) < 4.78 is 16.2. The number of thioether (sulfide) groups is 1. The molecule has 1 N–H and O–H groups in total. The van der Waals surface area contributed by atoms with Crippen molar-refractivity contribution >= 4 is 59.9 Å². The number of carbonyl (C=O) groups is 1. The molecule has 2 atom stereocenters. The molecule has 2 fully saturated rings. The second-order valence-electron chi connectivity index (χ2n) is 9.17. The fourth-order valence-corrected chi connectivity index (χ4v) is 6.57. The Morgan fingerprint density at radius 3 is 2.34 bits per heavy atom. The minimum atomic E-state index is 0. The minimum Gasteiger partial charge on any atom is -0.493 e. The molecule has 0 bridgehead atoms. The van der Waals surface area contributed by atoms with E-state index in [2.05, 4.69) is 39.4 Å². The lowest BCUT2D eigenvalue weighted by atomic mass is 10.1. The first-order valence-electron chi connectivity index (χ1n) is 12.4. The molecule has 5 rings (SSSR count). The standard InChI is InChI=1S/C27H34N4O4S.2ClH/c1-33-23-16-19(17-24(34-2)26(23)35-3)8-9-25(32)30-14-12-29(13-15-30)18-20-10-11-31-22-7-5-4-6-21(22)28-27(31)36-20;;/h4-9,16-17,20,27-28H,10-15,18H2,1-3H3;2*1H/b9-8+;;. The van der Waals surface area contributed by atoms with Crippen molar-refractivity contribution in [2.45, 2.75) is 17.2 Å². The second-order valence-corrected chi connectivity index (χ2v) is 10.6. The molecular weight excluding hydrogens is 547 g/mol. The van der Waals surface area contributed by atoms with Crippen LogP contribution < -0.4 is 24.4 Å². The topological polar surface area (TPSA) is 66.5 Å². The SMILES string of the molecule is COc1cc(/C=C/C(=O)N2CCN(CC3CCN4c5ccccc5NC4S3)CC2)cc(OC)c1OC.Cl.Cl. The van der Waals surface area contributed by atoms with Gasteiger partial charge in [-0.05, 0) is 42.3 Å². The molecule has 2 aromatic rings. The van der Waals surface area contributed by atoms with E-state index in [-0.39, 0.29) is 30.7 Å². The van der Waals surface area contributed by atoms with Gasteiger partial charge in [0.2, 0.25) is 11.7 Å². The average molecular weight is 584 g/mol. The predicted octanol–water partition coefficient (Wildman–Crippen LogP) is 4.43. The molecule has 38 heavy (non-hydrogen) atoms. The van der Waals surface area contributed by atoms with E-state index in [1.165, 1.54) is 17.8 Å². The van der Waals surface area contributed by atoms with E-state index >= 15 is 0 Å². The molecule has 0 spiro atoms.